The molecule has 1 fully saturated rings. The molecular weight excluding hydrogens is 362 g/mol. The minimum absolute atomic E-state index is 0.0984. The lowest BCUT2D eigenvalue weighted by molar-refractivity contribution is 0.0600. The highest BCUT2D eigenvalue weighted by atomic mass is 32.3. The molecule has 0 radical (unpaired) electrons. The average molecular weight is 383 g/mol. The fourth-order valence-corrected chi connectivity index (χ4v) is 4.95. The van der Waals surface area contributed by atoms with E-state index in [1.807, 2.05) is 13.0 Å². The Labute approximate surface area is 152 Å². The third kappa shape index (κ3) is 4.52. The molecule has 2 N–H and O–H groups in total. The number of aryl methyl sites for hydroxylation is 1. The van der Waals surface area contributed by atoms with Crippen LogP contribution in [0.2, 0.25) is 0 Å². The SMILES string of the molecule is COC(=O)c1cc(OC2CCS(O)(O)CC2)cc(-c2ncc(C)s2)c1. The van der Waals surface area contributed by atoms with Crippen molar-refractivity contribution in [3.05, 3.63) is 34.8 Å². The van der Waals surface area contributed by atoms with Crippen LogP contribution in [0, 0.1) is 6.92 Å². The number of esters is 1. The number of hydrogen-bond donors (Lipinski definition) is 2. The average Bonchev–Trinajstić information content (AvgIpc) is 3.02. The minimum atomic E-state index is -2.44. The molecule has 1 aromatic heterocycles. The van der Waals surface area contributed by atoms with E-state index in [0.717, 1.165) is 15.4 Å². The predicted octanol–water partition coefficient (Wildman–Crippen LogP) is 4.20. The number of carbonyl (C=O) groups is 1. The van der Waals surface area contributed by atoms with Gasteiger partial charge in [-0.3, -0.25) is 9.11 Å². The largest absolute Gasteiger partial charge is 0.490 e. The lowest BCUT2D eigenvalue weighted by Crippen LogP contribution is -2.28. The summed E-state index contributed by atoms with van der Waals surface area (Å²) in [5.74, 6) is 0.840. The third-order valence-corrected chi connectivity index (χ3v) is 6.77. The summed E-state index contributed by atoms with van der Waals surface area (Å²) in [6.45, 7) is 1.98. The zero-order valence-electron chi connectivity index (χ0n) is 14.1. The number of hydrogen-bond acceptors (Lipinski definition) is 7. The molecule has 25 heavy (non-hydrogen) atoms. The van der Waals surface area contributed by atoms with Gasteiger partial charge in [-0.1, -0.05) is 0 Å². The second kappa shape index (κ2) is 7.33. The molecule has 0 atom stereocenters. The zero-order valence-corrected chi connectivity index (χ0v) is 15.7. The third-order valence-electron chi connectivity index (χ3n) is 4.03. The Morgan fingerprint density at radius 3 is 2.60 bits per heavy atom. The van der Waals surface area contributed by atoms with E-state index in [1.165, 1.54) is 7.11 Å². The Morgan fingerprint density at radius 2 is 2.00 bits per heavy atom. The van der Waals surface area contributed by atoms with Crippen molar-refractivity contribution in [3.8, 4) is 16.3 Å². The smallest absolute Gasteiger partial charge is 0.338 e. The van der Waals surface area contributed by atoms with Gasteiger partial charge in [-0.05, 0) is 25.1 Å². The summed E-state index contributed by atoms with van der Waals surface area (Å²) in [4.78, 5) is 17.4. The molecule has 2 heterocycles. The van der Waals surface area contributed by atoms with Crippen molar-refractivity contribution in [1.29, 1.82) is 0 Å². The molecule has 1 aromatic carbocycles. The van der Waals surface area contributed by atoms with E-state index in [-0.39, 0.29) is 6.10 Å². The van der Waals surface area contributed by atoms with Gasteiger partial charge in [-0.15, -0.1) is 11.3 Å². The van der Waals surface area contributed by atoms with Crippen LogP contribution in [0.25, 0.3) is 10.6 Å². The first kappa shape index (κ1) is 18.2. The molecule has 8 heteroatoms. The normalized spacial score (nSPS) is 18.6. The van der Waals surface area contributed by atoms with Crippen LogP contribution in [0.4, 0.5) is 0 Å². The summed E-state index contributed by atoms with van der Waals surface area (Å²) in [5.41, 5.74) is 1.21. The van der Waals surface area contributed by atoms with Crippen molar-refractivity contribution in [2.45, 2.75) is 25.9 Å². The van der Waals surface area contributed by atoms with Crippen molar-refractivity contribution in [1.82, 2.24) is 4.98 Å². The lowest BCUT2D eigenvalue weighted by Gasteiger charge is -2.39. The number of rotatable bonds is 4. The van der Waals surface area contributed by atoms with Gasteiger partial charge in [0.05, 0.1) is 12.7 Å². The topological polar surface area (TPSA) is 88.9 Å². The van der Waals surface area contributed by atoms with E-state index in [4.69, 9.17) is 9.47 Å². The van der Waals surface area contributed by atoms with E-state index < -0.39 is 16.6 Å². The van der Waals surface area contributed by atoms with Crippen LogP contribution in [-0.4, -0.2) is 44.8 Å². The number of aromatic nitrogens is 1. The van der Waals surface area contributed by atoms with Gasteiger partial charge in [0.2, 0.25) is 0 Å². The van der Waals surface area contributed by atoms with Crippen LogP contribution >= 0.6 is 21.9 Å². The van der Waals surface area contributed by atoms with Gasteiger partial charge in [-0.2, -0.15) is 10.6 Å². The predicted molar refractivity (Wildman–Crippen MR) is 99.9 cm³/mol. The van der Waals surface area contributed by atoms with Gasteiger partial charge in [0, 0.05) is 41.0 Å². The minimum Gasteiger partial charge on any atom is -0.490 e. The number of methoxy groups -OCH3 is 1. The Kier molecular flexibility index (Phi) is 5.33. The van der Waals surface area contributed by atoms with Crippen LogP contribution in [0.15, 0.2) is 24.4 Å². The fraction of sp³-hybridized carbons (Fsp3) is 0.412. The molecule has 0 aliphatic carbocycles. The maximum atomic E-state index is 12.0. The van der Waals surface area contributed by atoms with Crippen molar-refractivity contribution in [2.75, 3.05) is 18.6 Å². The molecule has 6 nitrogen and oxygen atoms in total. The molecule has 0 saturated carbocycles. The molecule has 0 amide bonds. The molecule has 1 saturated heterocycles. The summed E-state index contributed by atoms with van der Waals surface area (Å²) in [6, 6.07) is 5.26. The van der Waals surface area contributed by atoms with Gasteiger partial charge in [0.15, 0.2) is 0 Å². The first-order valence-electron chi connectivity index (χ1n) is 7.93. The number of ether oxygens (including phenoxy) is 2. The molecule has 1 aliphatic heterocycles. The highest BCUT2D eigenvalue weighted by Gasteiger charge is 2.25. The molecule has 3 rings (SSSR count). The van der Waals surface area contributed by atoms with Gasteiger partial charge in [0.1, 0.15) is 16.9 Å². The highest BCUT2D eigenvalue weighted by Crippen LogP contribution is 2.44. The first-order chi connectivity index (χ1) is 11.9. The van der Waals surface area contributed by atoms with Crippen LogP contribution < -0.4 is 4.74 Å². The quantitative estimate of drug-likeness (QED) is 0.769. The van der Waals surface area contributed by atoms with Gasteiger partial charge >= 0.3 is 5.97 Å². The Hall–Kier alpha value is -1.61. The second-order valence-corrected chi connectivity index (χ2v) is 9.70. The zero-order chi connectivity index (χ0) is 18.0. The first-order valence-corrected chi connectivity index (χ1v) is 10.6. The highest BCUT2D eigenvalue weighted by molar-refractivity contribution is 8.24. The summed E-state index contributed by atoms with van der Waals surface area (Å²) in [6.07, 6.45) is 2.85. The summed E-state index contributed by atoms with van der Waals surface area (Å²) >= 11 is 1.54. The van der Waals surface area contributed by atoms with Gasteiger partial charge in [-0.25, -0.2) is 9.78 Å². The van der Waals surface area contributed by atoms with Gasteiger partial charge < -0.3 is 9.47 Å². The molecule has 0 spiro atoms. The Bertz CT molecular complexity index is 764. The number of nitrogens with zero attached hydrogens (tertiary/aromatic N) is 1. The molecular formula is C17H21NO5S2. The van der Waals surface area contributed by atoms with E-state index in [0.29, 0.717) is 35.7 Å². The van der Waals surface area contributed by atoms with Crippen LogP contribution in [-0.2, 0) is 4.74 Å². The standard InChI is InChI=1S/C17H21NO5S2/c1-11-10-18-16(24-11)12-7-13(17(19)22-2)9-15(8-12)23-14-3-5-25(20,21)6-4-14/h7-10,14,20-21H,3-6H2,1-2H3. The van der Waals surface area contributed by atoms with Crippen molar-refractivity contribution < 1.29 is 23.4 Å². The monoisotopic (exact) mass is 383 g/mol. The van der Waals surface area contributed by atoms with E-state index in [1.54, 1.807) is 29.7 Å². The van der Waals surface area contributed by atoms with E-state index in [2.05, 4.69) is 4.98 Å². The van der Waals surface area contributed by atoms with Crippen molar-refractivity contribution in [2.24, 2.45) is 0 Å². The molecule has 136 valence electrons. The molecule has 2 aromatic rings. The van der Waals surface area contributed by atoms with E-state index >= 15 is 0 Å². The summed E-state index contributed by atoms with van der Waals surface area (Å²) in [5, 5.41) is 0.811. The number of carbonyl (C=O) groups excluding carboxylic acids is 1. The summed E-state index contributed by atoms with van der Waals surface area (Å²) < 4.78 is 30.3. The number of benzene rings is 1. The molecule has 0 bridgehead atoms. The Morgan fingerprint density at radius 1 is 1.28 bits per heavy atom. The van der Waals surface area contributed by atoms with Crippen molar-refractivity contribution >= 4 is 27.9 Å². The maximum Gasteiger partial charge on any atom is 0.338 e. The van der Waals surface area contributed by atoms with Crippen LogP contribution in [0.3, 0.4) is 0 Å². The second-order valence-electron chi connectivity index (χ2n) is 6.04. The Balaban J connectivity index is 1.86. The molecule has 1 aliphatic rings. The lowest BCUT2D eigenvalue weighted by atomic mass is 10.1. The van der Waals surface area contributed by atoms with Crippen LogP contribution in [0.1, 0.15) is 28.1 Å². The van der Waals surface area contributed by atoms with E-state index in [9.17, 15) is 13.9 Å². The molecule has 0 unspecified atom stereocenters. The fourth-order valence-electron chi connectivity index (χ4n) is 2.71. The summed E-state index contributed by atoms with van der Waals surface area (Å²) in [7, 11) is -1.10. The maximum absolute atomic E-state index is 12.0. The van der Waals surface area contributed by atoms with Crippen molar-refractivity contribution in [3.63, 3.8) is 0 Å². The van der Waals surface area contributed by atoms with Gasteiger partial charge in [0.25, 0.3) is 0 Å². The number of thiazole rings is 1. The van der Waals surface area contributed by atoms with Crippen LogP contribution in [0.5, 0.6) is 5.75 Å².